The molecule has 1 N–H and O–H groups in total. The fourth-order valence-corrected chi connectivity index (χ4v) is 4.18. The number of aliphatic carboxylic acids is 1. The van der Waals surface area contributed by atoms with Gasteiger partial charge in [0, 0.05) is 13.1 Å². The van der Waals surface area contributed by atoms with Crippen molar-refractivity contribution in [1.29, 1.82) is 0 Å². The highest BCUT2D eigenvalue weighted by molar-refractivity contribution is 7.89. The maximum atomic E-state index is 13.8. The third-order valence-electron chi connectivity index (χ3n) is 4.03. The molecule has 0 amide bonds. The van der Waals surface area contributed by atoms with E-state index in [0.717, 1.165) is 15.2 Å². The lowest BCUT2D eigenvalue weighted by Gasteiger charge is -2.29. The molecule has 1 saturated heterocycles. The molecule has 1 aliphatic heterocycles. The lowest BCUT2D eigenvalue weighted by atomic mass is 10.0. The first-order valence-electron chi connectivity index (χ1n) is 7.42. The normalized spacial score (nSPS) is 19.3. The summed E-state index contributed by atoms with van der Waals surface area (Å²) in [6.07, 6.45) is 3.32. The summed E-state index contributed by atoms with van der Waals surface area (Å²) in [5, 5.41) is 13.0. The zero-order chi connectivity index (χ0) is 17.3. The third-order valence-corrected chi connectivity index (χ3v) is 5.85. The van der Waals surface area contributed by atoms with Gasteiger partial charge in [-0.25, -0.2) is 17.5 Å². The Kier molecular flexibility index (Phi) is 4.37. The fraction of sp³-hybridized carbons (Fsp3) is 0.333. The van der Waals surface area contributed by atoms with E-state index in [1.165, 1.54) is 24.4 Å². The van der Waals surface area contributed by atoms with Crippen molar-refractivity contribution in [3.05, 3.63) is 42.5 Å². The predicted octanol–water partition coefficient (Wildman–Crippen LogP) is 1.50. The second-order valence-electron chi connectivity index (χ2n) is 5.61. The van der Waals surface area contributed by atoms with Crippen LogP contribution >= 0.6 is 0 Å². The van der Waals surface area contributed by atoms with E-state index in [-0.39, 0.29) is 23.7 Å². The van der Waals surface area contributed by atoms with Gasteiger partial charge >= 0.3 is 5.97 Å². The Morgan fingerprint density at radius 1 is 1.33 bits per heavy atom. The quantitative estimate of drug-likeness (QED) is 0.899. The van der Waals surface area contributed by atoms with Crippen molar-refractivity contribution in [3.63, 3.8) is 0 Å². The zero-order valence-corrected chi connectivity index (χ0v) is 13.5. The Morgan fingerprint density at radius 2 is 2.08 bits per heavy atom. The van der Waals surface area contributed by atoms with Crippen LogP contribution in [0.25, 0.3) is 5.69 Å². The maximum Gasteiger partial charge on any atom is 0.307 e. The standard InChI is InChI=1S/C15H16FN3O4S/c16-13-5-1-2-6-14(13)19-10-12(8-17-19)24(22,23)18-7-3-4-11(9-18)15(20)21/h1-2,5-6,8,10-11H,3-4,7,9H2,(H,20,21). The molecule has 0 bridgehead atoms. The average molecular weight is 353 g/mol. The Hall–Kier alpha value is -2.26. The number of benzene rings is 1. The highest BCUT2D eigenvalue weighted by atomic mass is 32.2. The molecule has 1 aliphatic rings. The fourth-order valence-electron chi connectivity index (χ4n) is 2.72. The van der Waals surface area contributed by atoms with E-state index in [4.69, 9.17) is 5.11 Å². The molecule has 1 unspecified atom stereocenters. The number of hydrogen-bond acceptors (Lipinski definition) is 4. The third kappa shape index (κ3) is 3.04. The molecule has 2 aromatic rings. The van der Waals surface area contributed by atoms with Crippen molar-refractivity contribution in [1.82, 2.24) is 14.1 Å². The first kappa shape index (κ1) is 16.6. The largest absolute Gasteiger partial charge is 0.481 e. The Labute approximate surface area is 138 Å². The van der Waals surface area contributed by atoms with Crippen molar-refractivity contribution in [2.24, 2.45) is 5.92 Å². The number of rotatable bonds is 4. The van der Waals surface area contributed by atoms with Crippen molar-refractivity contribution < 1.29 is 22.7 Å². The number of hydrogen-bond donors (Lipinski definition) is 1. The maximum absolute atomic E-state index is 13.8. The van der Waals surface area contributed by atoms with Gasteiger partial charge < -0.3 is 5.11 Å². The molecular formula is C15H16FN3O4S. The van der Waals surface area contributed by atoms with Gasteiger partial charge in [-0.15, -0.1) is 0 Å². The van der Waals surface area contributed by atoms with E-state index >= 15 is 0 Å². The number of carboxylic acids is 1. The van der Waals surface area contributed by atoms with Gasteiger partial charge in [0.05, 0.1) is 18.3 Å². The summed E-state index contributed by atoms with van der Waals surface area (Å²) < 4.78 is 41.4. The van der Waals surface area contributed by atoms with Crippen LogP contribution in [0.2, 0.25) is 0 Å². The number of halogens is 1. The summed E-state index contributed by atoms with van der Waals surface area (Å²) in [5.41, 5.74) is 0.140. The number of sulfonamides is 1. The van der Waals surface area contributed by atoms with Crippen molar-refractivity contribution in [3.8, 4) is 5.69 Å². The SMILES string of the molecule is O=C(O)C1CCCN(S(=O)(=O)c2cnn(-c3ccccc3F)c2)C1. The van der Waals surface area contributed by atoms with Crippen molar-refractivity contribution in [2.45, 2.75) is 17.7 Å². The topological polar surface area (TPSA) is 92.5 Å². The Morgan fingerprint density at radius 3 is 2.79 bits per heavy atom. The van der Waals surface area contributed by atoms with Gasteiger partial charge in [-0.3, -0.25) is 4.79 Å². The van der Waals surface area contributed by atoms with Gasteiger partial charge in [-0.2, -0.15) is 9.40 Å². The molecule has 1 fully saturated rings. The van der Waals surface area contributed by atoms with Gasteiger partial charge in [0.2, 0.25) is 10.0 Å². The van der Waals surface area contributed by atoms with Crippen LogP contribution in [0.4, 0.5) is 4.39 Å². The molecule has 24 heavy (non-hydrogen) atoms. The number of piperidine rings is 1. The van der Waals surface area contributed by atoms with E-state index in [2.05, 4.69) is 5.10 Å². The Balaban J connectivity index is 1.89. The molecule has 3 rings (SSSR count). The smallest absolute Gasteiger partial charge is 0.307 e. The summed E-state index contributed by atoms with van der Waals surface area (Å²) in [5.74, 6) is -2.24. The second-order valence-corrected chi connectivity index (χ2v) is 7.55. The van der Waals surface area contributed by atoms with Crippen LogP contribution in [-0.2, 0) is 14.8 Å². The first-order valence-corrected chi connectivity index (χ1v) is 8.86. The summed E-state index contributed by atoms with van der Waals surface area (Å²) in [6, 6.07) is 5.89. The van der Waals surface area contributed by atoms with Gasteiger partial charge in [-0.1, -0.05) is 12.1 Å². The van der Waals surface area contributed by atoms with Gasteiger partial charge in [0.1, 0.15) is 16.4 Å². The molecule has 1 atom stereocenters. The minimum absolute atomic E-state index is 0.0669. The van der Waals surface area contributed by atoms with Crippen LogP contribution in [-0.4, -0.2) is 46.7 Å². The average Bonchev–Trinajstić information content (AvgIpc) is 3.06. The lowest BCUT2D eigenvalue weighted by molar-refractivity contribution is -0.142. The summed E-state index contributed by atoms with van der Waals surface area (Å²) in [7, 11) is -3.86. The second kappa shape index (κ2) is 6.33. The lowest BCUT2D eigenvalue weighted by Crippen LogP contribution is -2.42. The number of nitrogens with zero attached hydrogens (tertiary/aromatic N) is 3. The van der Waals surface area contributed by atoms with E-state index in [0.29, 0.717) is 12.8 Å². The molecule has 0 aliphatic carbocycles. The van der Waals surface area contributed by atoms with Crippen LogP contribution < -0.4 is 0 Å². The molecule has 0 saturated carbocycles. The molecule has 0 spiro atoms. The summed E-state index contributed by atoms with van der Waals surface area (Å²) >= 11 is 0. The summed E-state index contributed by atoms with van der Waals surface area (Å²) in [6.45, 7) is 0.194. The van der Waals surface area contributed by atoms with Crippen LogP contribution in [0.15, 0.2) is 41.6 Å². The van der Waals surface area contributed by atoms with E-state index < -0.39 is 27.7 Å². The van der Waals surface area contributed by atoms with Gasteiger partial charge in [0.25, 0.3) is 0 Å². The monoisotopic (exact) mass is 353 g/mol. The molecule has 2 heterocycles. The van der Waals surface area contributed by atoms with Crippen LogP contribution in [0.1, 0.15) is 12.8 Å². The number of carbonyl (C=O) groups is 1. The molecule has 7 nitrogen and oxygen atoms in total. The van der Waals surface area contributed by atoms with Crippen LogP contribution in [0.3, 0.4) is 0 Å². The van der Waals surface area contributed by atoms with E-state index in [1.807, 2.05) is 0 Å². The Bertz CT molecular complexity index is 865. The molecule has 1 aromatic carbocycles. The van der Waals surface area contributed by atoms with Crippen molar-refractivity contribution >= 4 is 16.0 Å². The molecular weight excluding hydrogens is 337 g/mol. The predicted molar refractivity (Wildman–Crippen MR) is 82.6 cm³/mol. The molecule has 128 valence electrons. The van der Waals surface area contributed by atoms with Gasteiger partial charge in [0.15, 0.2) is 0 Å². The zero-order valence-electron chi connectivity index (χ0n) is 12.7. The molecule has 9 heteroatoms. The van der Waals surface area contributed by atoms with Gasteiger partial charge in [-0.05, 0) is 25.0 Å². The minimum Gasteiger partial charge on any atom is -0.481 e. The molecule has 0 radical (unpaired) electrons. The summed E-state index contributed by atoms with van der Waals surface area (Å²) in [4.78, 5) is 11.0. The van der Waals surface area contributed by atoms with E-state index in [1.54, 1.807) is 6.07 Å². The number of carboxylic acid groups (broad SMARTS) is 1. The highest BCUT2D eigenvalue weighted by Crippen LogP contribution is 2.24. The minimum atomic E-state index is -3.86. The highest BCUT2D eigenvalue weighted by Gasteiger charge is 2.34. The van der Waals surface area contributed by atoms with E-state index in [9.17, 15) is 17.6 Å². The van der Waals surface area contributed by atoms with Crippen molar-refractivity contribution in [2.75, 3.05) is 13.1 Å². The number of para-hydroxylation sites is 1. The first-order chi connectivity index (χ1) is 11.4. The van der Waals surface area contributed by atoms with Crippen LogP contribution in [0, 0.1) is 11.7 Å². The number of aromatic nitrogens is 2. The van der Waals surface area contributed by atoms with Crippen LogP contribution in [0.5, 0.6) is 0 Å². The molecule has 1 aromatic heterocycles.